The number of hydrogen-bond acceptors (Lipinski definition) is 7. The quantitative estimate of drug-likeness (QED) is 0.518. The molecule has 2 aromatic rings. The zero-order valence-electron chi connectivity index (χ0n) is 14.1. The Balaban J connectivity index is 2.69. The van der Waals surface area contributed by atoms with Crippen LogP contribution < -0.4 is 9.47 Å². The van der Waals surface area contributed by atoms with Gasteiger partial charge in [0, 0.05) is 24.0 Å². The van der Waals surface area contributed by atoms with E-state index in [1.165, 1.54) is 24.5 Å². The molecule has 0 fully saturated rings. The Labute approximate surface area is 145 Å². The van der Waals surface area contributed by atoms with Gasteiger partial charge in [0.25, 0.3) is 0 Å². The highest BCUT2D eigenvalue weighted by Gasteiger charge is 2.25. The van der Waals surface area contributed by atoms with Gasteiger partial charge in [-0.15, -0.1) is 0 Å². The molecule has 136 valence electrons. The summed E-state index contributed by atoms with van der Waals surface area (Å²) in [6.45, 7) is 4.17. The third-order valence-electron chi connectivity index (χ3n) is 3.21. The molecule has 0 amide bonds. The highest BCUT2D eigenvalue weighted by Crippen LogP contribution is 2.41. The van der Waals surface area contributed by atoms with Crippen LogP contribution >= 0.6 is 0 Å². The van der Waals surface area contributed by atoms with Gasteiger partial charge in [-0.1, -0.05) is 6.92 Å². The Kier molecular flexibility index (Phi) is 5.62. The van der Waals surface area contributed by atoms with E-state index in [0.29, 0.717) is 6.42 Å². The minimum Gasteiger partial charge on any atom is -0.490 e. The minimum absolute atomic E-state index is 0.0231. The van der Waals surface area contributed by atoms with E-state index in [2.05, 4.69) is 4.98 Å². The molecule has 0 radical (unpaired) electrons. The molecule has 0 spiro atoms. The van der Waals surface area contributed by atoms with E-state index in [4.69, 9.17) is 9.47 Å². The Hall–Kier alpha value is -2.62. The second kappa shape index (κ2) is 7.51. The molecule has 1 heterocycles. The van der Waals surface area contributed by atoms with E-state index in [1.807, 2.05) is 6.92 Å². The van der Waals surface area contributed by atoms with Gasteiger partial charge >= 0.3 is 5.69 Å². The smallest absolute Gasteiger partial charge is 0.315 e. The molecule has 0 aliphatic carbocycles. The van der Waals surface area contributed by atoms with Crippen LogP contribution in [0.2, 0.25) is 0 Å². The van der Waals surface area contributed by atoms with Gasteiger partial charge in [0.15, 0.2) is 11.6 Å². The largest absolute Gasteiger partial charge is 0.490 e. The Bertz CT molecular complexity index is 875. The van der Waals surface area contributed by atoms with Crippen LogP contribution in [-0.2, 0) is 10.0 Å². The Morgan fingerprint density at radius 1 is 1.28 bits per heavy atom. The van der Waals surface area contributed by atoms with Crippen molar-refractivity contribution in [1.82, 2.24) is 8.96 Å². The Morgan fingerprint density at radius 2 is 2.00 bits per heavy atom. The normalized spacial score (nSPS) is 11.3. The summed E-state index contributed by atoms with van der Waals surface area (Å²) in [6.07, 6.45) is 4.28. The molecule has 0 atom stereocenters. The van der Waals surface area contributed by atoms with Crippen molar-refractivity contribution in [3.05, 3.63) is 34.6 Å². The van der Waals surface area contributed by atoms with Gasteiger partial charge < -0.3 is 9.47 Å². The van der Waals surface area contributed by atoms with Crippen LogP contribution in [-0.4, -0.2) is 41.8 Å². The lowest BCUT2D eigenvalue weighted by Gasteiger charge is -2.14. The molecule has 25 heavy (non-hydrogen) atoms. The van der Waals surface area contributed by atoms with Crippen molar-refractivity contribution in [2.45, 2.75) is 20.3 Å². The zero-order chi connectivity index (χ0) is 18.6. The van der Waals surface area contributed by atoms with Crippen LogP contribution in [0.5, 0.6) is 11.5 Å². The average Bonchev–Trinajstić information content (AvgIpc) is 3.03. The monoisotopic (exact) mass is 369 g/mol. The van der Waals surface area contributed by atoms with Crippen LogP contribution in [0, 0.1) is 10.1 Å². The molecule has 10 heteroatoms. The summed E-state index contributed by atoms with van der Waals surface area (Å²) in [7, 11) is -3.61. The molecule has 1 aromatic heterocycles. The van der Waals surface area contributed by atoms with Gasteiger partial charge in [0.1, 0.15) is 0 Å². The van der Waals surface area contributed by atoms with E-state index in [9.17, 15) is 18.5 Å². The first-order chi connectivity index (χ1) is 11.8. The van der Waals surface area contributed by atoms with E-state index < -0.39 is 14.9 Å². The van der Waals surface area contributed by atoms with Gasteiger partial charge in [-0.05, 0) is 19.4 Å². The number of hydrogen-bond donors (Lipinski definition) is 0. The molecule has 0 N–H and O–H groups in total. The molecule has 0 aliphatic heterocycles. The standard InChI is InChI=1S/C15H19N3O6S/c1-4-8-24-14-12(18(19)20)9-11(10-13(14)23-5-2)15-16-6-7-17(15)25(3,21)22/h6-7,9-10H,4-5,8H2,1-3H3. The lowest BCUT2D eigenvalue weighted by atomic mass is 10.1. The first-order valence-corrected chi connectivity index (χ1v) is 9.46. The van der Waals surface area contributed by atoms with Crippen molar-refractivity contribution < 1.29 is 22.8 Å². The van der Waals surface area contributed by atoms with Gasteiger partial charge in [-0.25, -0.2) is 17.4 Å². The third kappa shape index (κ3) is 4.08. The Morgan fingerprint density at radius 3 is 2.56 bits per heavy atom. The molecule has 0 saturated heterocycles. The van der Waals surface area contributed by atoms with Crippen LogP contribution in [0.4, 0.5) is 5.69 Å². The highest BCUT2D eigenvalue weighted by atomic mass is 32.2. The lowest BCUT2D eigenvalue weighted by molar-refractivity contribution is -0.385. The summed E-state index contributed by atoms with van der Waals surface area (Å²) in [5.41, 5.74) is -0.0631. The molecular formula is C15H19N3O6S. The molecule has 0 aliphatic rings. The summed E-state index contributed by atoms with van der Waals surface area (Å²) in [6, 6.07) is 2.73. The van der Waals surface area contributed by atoms with Crippen molar-refractivity contribution in [3.63, 3.8) is 0 Å². The van der Waals surface area contributed by atoms with Gasteiger partial charge in [0.2, 0.25) is 15.8 Å². The first kappa shape index (κ1) is 18.7. The van der Waals surface area contributed by atoms with Gasteiger partial charge in [0.05, 0.1) is 24.4 Å². The van der Waals surface area contributed by atoms with E-state index in [0.717, 1.165) is 10.2 Å². The van der Waals surface area contributed by atoms with Crippen LogP contribution in [0.1, 0.15) is 20.3 Å². The molecule has 0 bridgehead atoms. The molecule has 1 aromatic carbocycles. The fourth-order valence-electron chi connectivity index (χ4n) is 2.23. The summed E-state index contributed by atoms with van der Waals surface area (Å²) < 4.78 is 35.6. The number of aromatic nitrogens is 2. The average molecular weight is 369 g/mol. The van der Waals surface area contributed by atoms with Crippen LogP contribution in [0.3, 0.4) is 0 Å². The third-order valence-corrected chi connectivity index (χ3v) is 4.21. The maximum Gasteiger partial charge on any atom is 0.315 e. The summed E-state index contributed by atoms with van der Waals surface area (Å²) >= 11 is 0. The topological polar surface area (TPSA) is 114 Å². The lowest BCUT2D eigenvalue weighted by Crippen LogP contribution is -2.11. The summed E-state index contributed by atoms with van der Waals surface area (Å²) in [4.78, 5) is 14.9. The molecule has 2 rings (SSSR count). The SMILES string of the molecule is CCCOc1c(OCC)cc(-c2nccn2S(C)(=O)=O)cc1[N+](=O)[O-]. The van der Waals surface area contributed by atoms with Crippen molar-refractivity contribution in [2.24, 2.45) is 0 Å². The van der Waals surface area contributed by atoms with Crippen LogP contribution in [0.25, 0.3) is 11.4 Å². The van der Waals surface area contributed by atoms with E-state index in [1.54, 1.807) is 6.92 Å². The number of nitro groups is 1. The number of nitrogens with zero attached hydrogens (tertiary/aromatic N) is 3. The zero-order valence-corrected chi connectivity index (χ0v) is 14.9. The van der Waals surface area contributed by atoms with Crippen molar-refractivity contribution in [3.8, 4) is 22.9 Å². The molecule has 0 unspecified atom stereocenters. The number of rotatable bonds is 8. The molecule has 0 saturated carbocycles. The number of ether oxygens (including phenoxy) is 2. The summed E-state index contributed by atoms with van der Waals surface area (Å²) in [5, 5.41) is 11.5. The molecule has 9 nitrogen and oxygen atoms in total. The predicted octanol–water partition coefficient (Wildman–Crippen LogP) is 2.45. The number of benzene rings is 1. The predicted molar refractivity (Wildman–Crippen MR) is 91.5 cm³/mol. The van der Waals surface area contributed by atoms with Crippen molar-refractivity contribution in [1.29, 1.82) is 0 Å². The second-order valence-corrected chi connectivity index (χ2v) is 7.03. The first-order valence-electron chi connectivity index (χ1n) is 7.61. The fraction of sp³-hybridized carbons (Fsp3) is 0.400. The van der Waals surface area contributed by atoms with Crippen LogP contribution in [0.15, 0.2) is 24.5 Å². The fourth-order valence-corrected chi connectivity index (χ4v) is 2.97. The van der Waals surface area contributed by atoms with E-state index >= 15 is 0 Å². The van der Waals surface area contributed by atoms with Gasteiger partial charge in [-0.2, -0.15) is 0 Å². The number of nitro benzene ring substituents is 1. The number of imidazole rings is 1. The highest BCUT2D eigenvalue weighted by molar-refractivity contribution is 7.89. The second-order valence-electron chi connectivity index (χ2n) is 5.17. The van der Waals surface area contributed by atoms with Crippen molar-refractivity contribution in [2.75, 3.05) is 19.5 Å². The summed E-state index contributed by atoms with van der Waals surface area (Å²) in [5.74, 6) is 0.256. The maximum absolute atomic E-state index is 11.9. The van der Waals surface area contributed by atoms with E-state index in [-0.39, 0.29) is 41.8 Å². The minimum atomic E-state index is -3.61. The molecular weight excluding hydrogens is 350 g/mol. The van der Waals surface area contributed by atoms with Gasteiger partial charge in [-0.3, -0.25) is 10.1 Å². The maximum atomic E-state index is 11.9. The van der Waals surface area contributed by atoms with Crippen molar-refractivity contribution >= 4 is 15.7 Å².